The van der Waals surface area contributed by atoms with E-state index in [0.29, 0.717) is 31.6 Å². The number of ether oxygens (including phenoxy) is 1. The van der Waals surface area contributed by atoms with E-state index in [-0.39, 0.29) is 36.9 Å². The fourth-order valence-electron chi connectivity index (χ4n) is 4.81. The molecule has 0 aliphatic rings. The summed E-state index contributed by atoms with van der Waals surface area (Å²) in [4.78, 5) is 63.3. The summed E-state index contributed by atoms with van der Waals surface area (Å²) in [6, 6.07) is 9.66. The fourth-order valence-corrected chi connectivity index (χ4v) is 5.29. The van der Waals surface area contributed by atoms with Gasteiger partial charge in [-0.05, 0) is 85.9 Å². The Kier molecular flexibility index (Phi) is 16.7. The van der Waals surface area contributed by atoms with E-state index < -0.39 is 42.4 Å². The number of nitrogens with two attached hydrogens (primary N) is 1. The maximum absolute atomic E-state index is 13.1. The van der Waals surface area contributed by atoms with Gasteiger partial charge in [-0.2, -0.15) is 11.8 Å². The van der Waals surface area contributed by atoms with Crippen molar-refractivity contribution in [2.75, 3.05) is 32.2 Å². The van der Waals surface area contributed by atoms with Crippen LogP contribution in [0.3, 0.4) is 0 Å². The van der Waals surface area contributed by atoms with Crippen LogP contribution in [0.5, 0.6) is 5.75 Å². The number of nitrogens with one attached hydrogen (secondary N) is 4. The molecule has 7 N–H and O–H groups in total. The largest absolute Gasteiger partial charge is 0.508 e. The zero-order valence-corrected chi connectivity index (χ0v) is 27.8. The van der Waals surface area contributed by atoms with Crippen molar-refractivity contribution in [1.29, 1.82) is 0 Å². The standard InChI is InChI=1S/C33H47N5O7S/c1-21-16-24(39)17-22(2)25(21)19-26(34)31(42)38-27(13-15-46-4)32(43)36-20-29(40)37-28(18-23-10-6-5-7-11-23)33(44)35-14-9-8-12-30(41)45-3/h5-7,10-11,16-17,26-28,39H,8-9,12-15,18-20,34H2,1-4H3,(H,35,44)(H,36,43)(H,37,40)(H,38,42)/t26-,27+,28-/m0/s1. The Morgan fingerprint density at radius 2 is 1.54 bits per heavy atom. The van der Waals surface area contributed by atoms with Crippen LogP contribution in [0.15, 0.2) is 42.5 Å². The lowest BCUT2D eigenvalue weighted by Crippen LogP contribution is -2.54. The number of esters is 1. The van der Waals surface area contributed by atoms with Gasteiger partial charge in [0, 0.05) is 19.4 Å². The second-order valence-corrected chi connectivity index (χ2v) is 12.0. The van der Waals surface area contributed by atoms with Crippen LogP contribution in [0, 0.1) is 13.8 Å². The maximum Gasteiger partial charge on any atom is 0.305 e. The molecule has 0 radical (unpaired) electrons. The Morgan fingerprint density at radius 3 is 2.17 bits per heavy atom. The minimum absolute atomic E-state index is 0.133. The highest BCUT2D eigenvalue weighted by atomic mass is 32.2. The first-order valence-corrected chi connectivity index (χ1v) is 16.6. The number of phenolic OH excluding ortho intramolecular Hbond substituents is 1. The molecule has 0 aromatic heterocycles. The van der Waals surface area contributed by atoms with Gasteiger partial charge in [0.15, 0.2) is 0 Å². The summed E-state index contributed by atoms with van der Waals surface area (Å²) in [5, 5.41) is 20.6. The maximum atomic E-state index is 13.1. The normalized spacial score (nSPS) is 12.7. The Balaban J connectivity index is 1.98. The number of benzene rings is 2. The van der Waals surface area contributed by atoms with Crippen molar-refractivity contribution in [3.05, 3.63) is 64.7 Å². The molecule has 0 bridgehead atoms. The summed E-state index contributed by atoms with van der Waals surface area (Å²) >= 11 is 1.51. The number of methoxy groups -OCH3 is 1. The van der Waals surface area contributed by atoms with E-state index in [1.807, 2.05) is 50.4 Å². The van der Waals surface area contributed by atoms with Crippen LogP contribution in [0.1, 0.15) is 47.9 Å². The monoisotopic (exact) mass is 657 g/mol. The quantitative estimate of drug-likeness (QED) is 0.0959. The first-order chi connectivity index (χ1) is 21.9. The van der Waals surface area contributed by atoms with Crippen molar-refractivity contribution in [2.24, 2.45) is 5.73 Å². The van der Waals surface area contributed by atoms with Gasteiger partial charge in [-0.1, -0.05) is 30.3 Å². The third-order valence-electron chi connectivity index (χ3n) is 7.38. The van der Waals surface area contributed by atoms with E-state index in [4.69, 9.17) is 5.73 Å². The second-order valence-electron chi connectivity index (χ2n) is 11.1. The number of thioether (sulfide) groups is 1. The molecule has 0 unspecified atom stereocenters. The molecule has 2 aromatic carbocycles. The Bertz CT molecular complexity index is 1300. The summed E-state index contributed by atoms with van der Waals surface area (Å²) < 4.78 is 4.62. The first kappa shape index (κ1) is 38.1. The Morgan fingerprint density at radius 1 is 0.891 bits per heavy atom. The van der Waals surface area contributed by atoms with E-state index in [9.17, 15) is 29.1 Å². The number of phenols is 1. The third-order valence-corrected chi connectivity index (χ3v) is 8.02. The molecule has 12 nitrogen and oxygen atoms in total. The Labute approximate surface area is 275 Å². The molecule has 2 rings (SSSR count). The third kappa shape index (κ3) is 13.5. The molecule has 3 atom stereocenters. The van der Waals surface area contributed by atoms with Crippen molar-refractivity contribution in [3.63, 3.8) is 0 Å². The second kappa shape index (κ2) is 20.1. The van der Waals surface area contributed by atoms with E-state index in [2.05, 4.69) is 26.0 Å². The topological polar surface area (TPSA) is 189 Å². The van der Waals surface area contributed by atoms with Gasteiger partial charge in [0.05, 0.1) is 19.7 Å². The summed E-state index contributed by atoms with van der Waals surface area (Å²) in [5.41, 5.74) is 9.51. The van der Waals surface area contributed by atoms with Gasteiger partial charge in [-0.15, -0.1) is 0 Å². The van der Waals surface area contributed by atoms with Gasteiger partial charge in [0.2, 0.25) is 23.6 Å². The van der Waals surface area contributed by atoms with Crippen LogP contribution >= 0.6 is 11.8 Å². The van der Waals surface area contributed by atoms with Crippen molar-refractivity contribution in [3.8, 4) is 5.75 Å². The van der Waals surface area contributed by atoms with Gasteiger partial charge >= 0.3 is 5.97 Å². The average Bonchev–Trinajstić information content (AvgIpc) is 3.02. The lowest BCUT2D eigenvalue weighted by Gasteiger charge is -2.22. The first-order valence-electron chi connectivity index (χ1n) is 15.2. The van der Waals surface area contributed by atoms with Gasteiger partial charge in [0.1, 0.15) is 17.8 Å². The lowest BCUT2D eigenvalue weighted by molar-refractivity contribution is -0.140. The molecule has 0 heterocycles. The number of unbranched alkanes of at least 4 members (excludes halogenated alkanes) is 1. The molecule has 2 aromatic rings. The molecular weight excluding hydrogens is 610 g/mol. The minimum Gasteiger partial charge on any atom is -0.508 e. The molecule has 13 heteroatoms. The van der Waals surface area contributed by atoms with E-state index in [1.54, 1.807) is 12.1 Å². The molecule has 0 spiro atoms. The molecule has 46 heavy (non-hydrogen) atoms. The number of carbonyl (C=O) groups excluding carboxylic acids is 5. The molecule has 252 valence electrons. The van der Waals surface area contributed by atoms with E-state index in [1.165, 1.54) is 18.9 Å². The van der Waals surface area contributed by atoms with Gasteiger partial charge in [0.25, 0.3) is 0 Å². The molecule has 0 aliphatic carbocycles. The predicted octanol–water partition coefficient (Wildman–Crippen LogP) is 1.42. The number of rotatable bonds is 19. The van der Waals surface area contributed by atoms with Gasteiger partial charge in [-0.25, -0.2) is 0 Å². The van der Waals surface area contributed by atoms with Crippen LogP contribution < -0.4 is 27.0 Å². The van der Waals surface area contributed by atoms with Crippen LogP contribution in [0.25, 0.3) is 0 Å². The van der Waals surface area contributed by atoms with Crippen molar-refractivity contribution < 1.29 is 33.8 Å². The van der Waals surface area contributed by atoms with Gasteiger partial charge < -0.3 is 36.8 Å². The molecule has 4 amide bonds. The van der Waals surface area contributed by atoms with E-state index >= 15 is 0 Å². The highest BCUT2D eigenvalue weighted by Crippen LogP contribution is 2.22. The predicted molar refractivity (Wildman–Crippen MR) is 178 cm³/mol. The van der Waals surface area contributed by atoms with Gasteiger partial charge in [-0.3, -0.25) is 24.0 Å². The number of aryl methyl sites for hydroxylation is 2. The summed E-state index contributed by atoms with van der Waals surface area (Å²) in [7, 11) is 1.32. The SMILES string of the molecule is COC(=O)CCCCNC(=O)[C@H](Cc1ccccc1)NC(=O)CNC(=O)[C@@H](CCSC)NC(=O)[C@@H](N)Cc1c(C)cc(O)cc1C. The van der Waals surface area contributed by atoms with Crippen LogP contribution in [-0.4, -0.2) is 85.0 Å². The zero-order valence-electron chi connectivity index (χ0n) is 27.0. The summed E-state index contributed by atoms with van der Waals surface area (Å²) in [6.45, 7) is 3.57. The van der Waals surface area contributed by atoms with Crippen molar-refractivity contribution in [1.82, 2.24) is 21.3 Å². The lowest BCUT2D eigenvalue weighted by atomic mass is 9.96. The molecule has 0 saturated heterocycles. The van der Waals surface area contributed by atoms with E-state index in [0.717, 1.165) is 22.3 Å². The van der Waals surface area contributed by atoms with Crippen LogP contribution in [0.2, 0.25) is 0 Å². The molecular formula is C33H47N5O7S. The summed E-state index contributed by atoms with van der Waals surface area (Å²) in [5.74, 6) is -1.62. The molecule has 0 saturated carbocycles. The summed E-state index contributed by atoms with van der Waals surface area (Å²) in [6.07, 6.45) is 4.01. The van der Waals surface area contributed by atoms with Crippen molar-refractivity contribution >= 4 is 41.4 Å². The van der Waals surface area contributed by atoms with Crippen molar-refractivity contribution in [2.45, 2.75) is 70.5 Å². The highest BCUT2D eigenvalue weighted by Gasteiger charge is 2.26. The number of hydrogen-bond donors (Lipinski definition) is 6. The van der Waals surface area contributed by atoms with Crippen LogP contribution in [0.4, 0.5) is 0 Å². The number of carbonyl (C=O) groups is 5. The fraction of sp³-hybridized carbons (Fsp3) is 0.485. The zero-order chi connectivity index (χ0) is 34.1. The number of aromatic hydroxyl groups is 1. The van der Waals surface area contributed by atoms with Crippen LogP contribution in [-0.2, 0) is 41.6 Å². The Hall–Kier alpha value is -4.10. The number of hydrogen-bond acceptors (Lipinski definition) is 9. The molecule has 0 fully saturated rings. The molecule has 0 aliphatic heterocycles. The smallest absolute Gasteiger partial charge is 0.305 e. The average molecular weight is 658 g/mol. The minimum atomic E-state index is -0.937. The highest BCUT2D eigenvalue weighted by molar-refractivity contribution is 7.98. The number of amides is 4.